The van der Waals surface area contributed by atoms with Crippen LogP contribution in [-0.4, -0.2) is 49.8 Å². The molecule has 7 nitrogen and oxygen atoms in total. The topological polar surface area (TPSA) is 113 Å². The van der Waals surface area contributed by atoms with E-state index in [1.807, 2.05) is 7.05 Å². The molecule has 0 aromatic heterocycles. The molecular formula is C18H36N4O3. The van der Waals surface area contributed by atoms with Crippen LogP contribution in [0.2, 0.25) is 0 Å². The summed E-state index contributed by atoms with van der Waals surface area (Å²) in [5.41, 5.74) is 5.00. The number of primary amides is 1. The lowest BCUT2D eigenvalue weighted by Gasteiger charge is -2.18. The van der Waals surface area contributed by atoms with Crippen LogP contribution < -0.4 is 21.7 Å². The molecule has 0 saturated carbocycles. The quantitative estimate of drug-likeness (QED) is 0.331. The van der Waals surface area contributed by atoms with E-state index in [1.165, 1.54) is 6.92 Å². The Kier molecular flexibility index (Phi) is 13.0. The smallest absolute Gasteiger partial charge is 0.312 e. The summed E-state index contributed by atoms with van der Waals surface area (Å²) in [4.78, 5) is 34.6. The zero-order chi connectivity index (χ0) is 19.2. The lowest BCUT2D eigenvalue weighted by atomic mass is 9.99. The third-order valence-electron chi connectivity index (χ3n) is 4.23. The molecule has 0 rings (SSSR count). The zero-order valence-electron chi connectivity index (χ0n) is 16.2. The number of Topliss-reactive ketones (excluding diaryl/α,β-unsaturated/α-hetero) is 2. The van der Waals surface area contributed by atoms with Gasteiger partial charge in [0.1, 0.15) is 5.78 Å². The highest BCUT2D eigenvalue weighted by atomic mass is 16.2. The van der Waals surface area contributed by atoms with Crippen molar-refractivity contribution in [1.29, 1.82) is 0 Å². The van der Waals surface area contributed by atoms with Gasteiger partial charge in [-0.2, -0.15) is 0 Å². The summed E-state index contributed by atoms with van der Waals surface area (Å²) in [5, 5.41) is 8.74. The number of nitrogens with one attached hydrogen (secondary N) is 3. The van der Waals surface area contributed by atoms with Crippen molar-refractivity contribution >= 4 is 17.6 Å². The maximum absolute atomic E-state index is 12.3. The minimum absolute atomic E-state index is 0.0358. The summed E-state index contributed by atoms with van der Waals surface area (Å²) in [6, 6.07) is -0.971. The molecule has 0 fully saturated rings. The number of amides is 2. The summed E-state index contributed by atoms with van der Waals surface area (Å²) in [6.07, 6.45) is 4.66. The summed E-state index contributed by atoms with van der Waals surface area (Å²) in [5.74, 6) is 0.861. The average molecular weight is 357 g/mol. The Labute approximate surface area is 151 Å². The van der Waals surface area contributed by atoms with E-state index in [1.54, 1.807) is 0 Å². The van der Waals surface area contributed by atoms with Crippen LogP contribution in [0.25, 0.3) is 0 Å². The summed E-state index contributed by atoms with van der Waals surface area (Å²) < 4.78 is 0. The highest BCUT2D eigenvalue weighted by molar-refractivity contribution is 5.84. The molecule has 0 aliphatic heterocycles. The molecule has 5 N–H and O–H groups in total. The van der Waals surface area contributed by atoms with E-state index in [-0.39, 0.29) is 23.7 Å². The maximum atomic E-state index is 12.3. The van der Waals surface area contributed by atoms with E-state index < -0.39 is 6.03 Å². The van der Waals surface area contributed by atoms with Gasteiger partial charge in [0.15, 0.2) is 5.78 Å². The van der Waals surface area contributed by atoms with Crippen molar-refractivity contribution in [2.45, 2.75) is 71.4 Å². The number of urea groups is 1. The highest BCUT2D eigenvalue weighted by Crippen LogP contribution is 2.10. The van der Waals surface area contributed by atoms with Gasteiger partial charge in [0.25, 0.3) is 0 Å². The molecule has 0 bridgehead atoms. The first-order valence-corrected chi connectivity index (χ1v) is 9.25. The Hall–Kier alpha value is -1.47. The molecule has 0 aliphatic rings. The van der Waals surface area contributed by atoms with E-state index in [4.69, 9.17) is 5.73 Å². The number of hydrogen-bond donors (Lipinski definition) is 4. The van der Waals surface area contributed by atoms with Crippen LogP contribution in [0, 0.1) is 5.92 Å². The normalized spacial score (nSPS) is 13.5. The number of rotatable bonds is 15. The number of carbonyl (C=O) groups excluding carboxylic acids is 3. The zero-order valence-corrected chi connectivity index (χ0v) is 16.2. The van der Waals surface area contributed by atoms with Gasteiger partial charge in [0.2, 0.25) is 0 Å². The molecule has 0 unspecified atom stereocenters. The number of carbonyl (C=O) groups is 3. The molecular weight excluding hydrogens is 320 g/mol. The van der Waals surface area contributed by atoms with Crippen LogP contribution in [0.3, 0.4) is 0 Å². The van der Waals surface area contributed by atoms with Gasteiger partial charge in [0, 0.05) is 19.5 Å². The molecule has 7 heteroatoms. The van der Waals surface area contributed by atoms with Crippen molar-refractivity contribution in [2.75, 3.05) is 20.1 Å². The first-order chi connectivity index (χ1) is 11.8. The minimum atomic E-state index is -0.562. The molecule has 2 atom stereocenters. The van der Waals surface area contributed by atoms with Crippen LogP contribution in [0.15, 0.2) is 0 Å². The molecule has 0 heterocycles. The van der Waals surface area contributed by atoms with Gasteiger partial charge in [-0.15, -0.1) is 0 Å². The van der Waals surface area contributed by atoms with Crippen molar-refractivity contribution < 1.29 is 14.4 Å². The second-order valence-electron chi connectivity index (χ2n) is 6.93. The van der Waals surface area contributed by atoms with Gasteiger partial charge in [-0.3, -0.25) is 9.59 Å². The summed E-state index contributed by atoms with van der Waals surface area (Å²) >= 11 is 0. The lowest BCUT2D eigenvalue weighted by Crippen LogP contribution is -2.40. The van der Waals surface area contributed by atoms with Crippen molar-refractivity contribution in [3.8, 4) is 0 Å². The SMILES string of the molecule is CN[C@@H](CCCC(C)C)C(=O)CCN[C@@H](CCCNC(N)=O)C(C)=O. The predicted octanol–water partition coefficient (Wildman–Crippen LogP) is 1.36. The van der Waals surface area contributed by atoms with E-state index >= 15 is 0 Å². The fourth-order valence-electron chi connectivity index (χ4n) is 2.71. The molecule has 146 valence electrons. The van der Waals surface area contributed by atoms with E-state index in [0.717, 1.165) is 19.3 Å². The van der Waals surface area contributed by atoms with Gasteiger partial charge in [-0.1, -0.05) is 26.7 Å². The molecule has 0 radical (unpaired) electrons. The Balaban J connectivity index is 4.12. The second-order valence-corrected chi connectivity index (χ2v) is 6.93. The maximum Gasteiger partial charge on any atom is 0.312 e. The van der Waals surface area contributed by atoms with Gasteiger partial charge in [-0.05, 0) is 39.2 Å². The largest absolute Gasteiger partial charge is 0.352 e. The molecule has 2 amide bonds. The summed E-state index contributed by atoms with van der Waals surface area (Å²) in [6.45, 7) is 6.82. The fourth-order valence-corrected chi connectivity index (χ4v) is 2.71. The number of ketones is 2. The van der Waals surface area contributed by atoms with Gasteiger partial charge in [-0.25, -0.2) is 4.79 Å². The fraction of sp³-hybridized carbons (Fsp3) is 0.833. The Bertz CT molecular complexity index is 413. The Morgan fingerprint density at radius 2 is 1.60 bits per heavy atom. The third kappa shape index (κ3) is 12.5. The highest BCUT2D eigenvalue weighted by Gasteiger charge is 2.18. The lowest BCUT2D eigenvalue weighted by molar-refractivity contribution is -0.122. The van der Waals surface area contributed by atoms with Crippen LogP contribution in [0.1, 0.15) is 59.3 Å². The monoisotopic (exact) mass is 356 g/mol. The van der Waals surface area contributed by atoms with E-state index in [0.29, 0.717) is 38.3 Å². The van der Waals surface area contributed by atoms with Gasteiger partial charge >= 0.3 is 6.03 Å². The summed E-state index contributed by atoms with van der Waals surface area (Å²) in [7, 11) is 1.81. The number of likely N-dealkylation sites (N-methyl/N-ethyl adjacent to an activating group) is 1. The minimum Gasteiger partial charge on any atom is -0.352 e. The van der Waals surface area contributed by atoms with Crippen LogP contribution in [0.5, 0.6) is 0 Å². The van der Waals surface area contributed by atoms with Crippen molar-refractivity contribution in [3.63, 3.8) is 0 Å². The predicted molar refractivity (Wildman–Crippen MR) is 100 cm³/mol. The third-order valence-corrected chi connectivity index (χ3v) is 4.23. The van der Waals surface area contributed by atoms with Crippen LogP contribution >= 0.6 is 0 Å². The number of nitrogens with two attached hydrogens (primary N) is 1. The first-order valence-electron chi connectivity index (χ1n) is 9.25. The number of hydrogen-bond acceptors (Lipinski definition) is 5. The molecule has 0 aliphatic carbocycles. The van der Waals surface area contributed by atoms with Crippen LogP contribution in [-0.2, 0) is 9.59 Å². The molecule has 25 heavy (non-hydrogen) atoms. The van der Waals surface area contributed by atoms with E-state index in [2.05, 4.69) is 29.8 Å². The average Bonchev–Trinajstić information content (AvgIpc) is 2.52. The van der Waals surface area contributed by atoms with Crippen molar-refractivity contribution in [2.24, 2.45) is 11.7 Å². The molecule has 0 saturated heterocycles. The van der Waals surface area contributed by atoms with Gasteiger partial charge in [0.05, 0.1) is 12.1 Å². The molecule has 0 aromatic carbocycles. The molecule has 0 aromatic rings. The van der Waals surface area contributed by atoms with Crippen molar-refractivity contribution in [1.82, 2.24) is 16.0 Å². The molecule has 0 spiro atoms. The second kappa shape index (κ2) is 13.8. The Morgan fingerprint density at radius 3 is 2.12 bits per heavy atom. The standard InChI is InChI=1S/C18H36N4O3/c1-13(2)7-5-8-16(20-4)17(24)10-12-21-15(14(3)23)9-6-11-22-18(19)25/h13,15-16,20-21H,5-12H2,1-4H3,(H3,19,22,25)/t15-,16-/m0/s1. The van der Waals surface area contributed by atoms with Gasteiger partial charge < -0.3 is 21.7 Å². The van der Waals surface area contributed by atoms with Crippen molar-refractivity contribution in [3.05, 3.63) is 0 Å². The Morgan fingerprint density at radius 1 is 0.960 bits per heavy atom. The van der Waals surface area contributed by atoms with Crippen LogP contribution in [0.4, 0.5) is 4.79 Å². The first kappa shape index (κ1) is 23.5. The van der Waals surface area contributed by atoms with E-state index in [9.17, 15) is 14.4 Å².